The zero-order chi connectivity index (χ0) is 15.5. The summed E-state index contributed by atoms with van der Waals surface area (Å²) in [4.78, 5) is 0. The summed E-state index contributed by atoms with van der Waals surface area (Å²) in [6.07, 6.45) is 1.59. The summed E-state index contributed by atoms with van der Waals surface area (Å²) >= 11 is 0. The Balaban J connectivity index is 1.75. The van der Waals surface area contributed by atoms with E-state index >= 15 is 0 Å². The fourth-order valence-electron chi connectivity index (χ4n) is 2.72. The third kappa shape index (κ3) is 3.07. The standard InChI is InChI=1S/C18H20FNO2/c1-2-12-4-3-5-17(19)16(12)11-21-15-7-6-13-8-14(20)10-22-18(13)9-15/h3-7,9,14H,2,8,10-11,20H2,1H3/t14-/m0/s1. The van der Waals surface area contributed by atoms with Crippen LogP contribution >= 0.6 is 0 Å². The van der Waals surface area contributed by atoms with Crippen LogP contribution in [0.5, 0.6) is 11.5 Å². The molecule has 3 rings (SSSR count). The van der Waals surface area contributed by atoms with E-state index in [1.165, 1.54) is 6.07 Å². The zero-order valence-corrected chi connectivity index (χ0v) is 12.6. The van der Waals surface area contributed by atoms with Crippen molar-refractivity contribution in [3.8, 4) is 11.5 Å². The maximum Gasteiger partial charge on any atom is 0.130 e. The molecule has 2 aromatic carbocycles. The number of halogens is 1. The van der Waals surface area contributed by atoms with E-state index in [4.69, 9.17) is 15.2 Å². The summed E-state index contributed by atoms with van der Waals surface area (Å²) < 4.78 is 25.3. The number of rotatable bonds is 4. The predicted octanol–water partition coefficient (Wildman–Crippen LogP) is 3.23. The molecule has 0 saturated heterocycles. The van der Waals surface area contributed by atoms with E-state index in [1.807, 2.05) is 31.2 Å². The molecule has 22 heavy (non-hydrogen) atoms. The van der Waals surface area contributed by atoms with Gasteiger partial charge in [0, 0.05) is 17.7 Å². The van der Waals surface area contributed by atoms with E-state index in [1.54, 1.807) is 6.07 Å². The first-order valence-electron chi connectivity index (χ1n) is 7.57. The van der Waals surface area contributed by atoms with E-state index in [0.29, 0.717) is 17.9 Å². The topological polar surface area (TPSA) is 44.5 Å². The van der Waals surface area contributed by atoms with E-state index in [-0.39, 0.29) is 18.5 Å². The maximum absolute atomic E-state index is 13.9. The molecule has 2 N–H and O–H groups in total. The summed E-state index contributed by atoms with van der Waals surface area (Å²) in [6, 6.07) is 10.9. The van der Waals surface area contributed by atoms with E-state index in [9.17, 15) is 4.39 Å². The van der Waals surface area contributed by atoms with Crippen LogP contribution in [0.2, 0.25) is 0 Å². The minimum atomic E-state index is -0.223. The number of hydrogen-bond acceptors (Lipinski definition) is 3. The summed E-state index contributed by atoms with van der Waals surface area (Å²) in [6.45, 7) is 2.74. The highest BCUT2D eigenvalue weighted by atomic mass is 19.1. The lowest BCUT2D eigenvalue weighted by Gasteiger charge is -2.23. The molecule has 0 saturated carbocycles. The van der Waals surface area contributed by atoms with Crippen molar-refractivity contribution in [2.24, 2.45) is 5.73 Å². The molecule has 0 radical (unpaired) electrons. The van der Waals surface area contributed by atoms with Crippen molar-refractivity contribution < 1.29 is 13.9 Å². The van der Waals surface area contributed by atoms with Gasteiger partial charge in [-0.05, 0) is 36.1 Å². The van der Waals surface area contributed by atoms with Crippen LogP contribution in [0.15, 0.2) is 36.4 Å². The molecule has 116 valence electrons. The molecule has 0 spiro atoms. The molecule has 0 aliphatic carbocycles. The van der Waals surface area contributed by atoms with Gasteiger partial charge in [-0.3, -0.25) is 0 Å². The molecule has 1 heterocycles. The Morgan fingerprint density at radius 2 is 2.18 bits per heavy atom. The van der Waals surface area contributed by atoms with Crippen LogP contribution in [0.25, 0.3) is 0 Å². The van der Waals surface area contributed by atoms with Gasteiger partial charge in [0.15, 0.2) is 0 Å². The lowest BCUT2D eigenvalue weighted by atomic mass is 10.0. The average molecular weight is 301 g/mol. The zero-order valence-electron chi connectivity index (χ0n) is 12.6. The molecular formula is C18H20FNO2. The highest BCUT2D eigenvalue weighted by Crippen LogP contribution is 2.29. The molecule has 1 aliphatic rings. The van der Waals surface area contributed by atoms with E-state index < -0.39 is 0 Å². The monoisotopic (exact) mass is 301 g/mol. The van der Waals surface area contributed by atoms with E-state index in [0.717, 1.165) is 29.7 Å². The van der Waals surface area contributed by atoms with Crippen LogP contribution in [-0.4, -0.2) is 12.6 Å². The van der Waals surface area contributed by atoms with Gasteiger partial charge in [-0.15, -0.1) is 0 Å². The lowest BCUT2D eigenvalue weighted by molar-refractivity contribution is 0.257. The number of benzene rings is 2. The first-order chi connectivity index (χ1) is 10.7. The molecule has 0 aromatic heterocycles. The Labute approximate surface area is 129 Å². The summed E-state index contributed by atoms with van der Waals surface area (Å²) in [5.41, 5.74) is 8.55. The summed E-state index contributed by atoms with van der Waals surface area (Å²) in [7, 11) is 0. The minimum absolute atomic E-state index is 0.0461. The molecule has 0 unspecified atom stereocenters. The van der Waals surface area contributed by atoms with Gasteiger partial charge in [-0.1, -0.05) is 25.1 Å². The normalized spacial score (nSPS) is 16.8. The van der Waals surface area contributed by atoms with E-state index in [2.05, 4.69) is 0 Å². The fourth-order valence-corrected chi connectivity index (χ4v) is 2.72. The quantitative estimate of drug-likeness (QED) is 0.943. The van der Waals surface area contributed by atoms with Crippen molar-refractivity contribution in [2.45, 2.75) is 32.4 Å². The van der Waals surface area contributed by atoms with Gasteiger partial charge < -0.3 is 15.2 Å². The summed E-state index contributed by atoms with van der Waals surface area (Å²) in [5, 5.41) is 0. The molecular weight excluding hydrogens is 281 g/mol. The van der Waals surface area contributed by atoms with Gasteiger partial charge in [0.25, 0.3) is 0 Å². The molecule has 0 fully saturated rings. The van der Waals surface area contributed by atoms with Crippen LogP contribution in [0.1, 0.15) is 23.6 Å². The average Bonchev–Trinajstić information content (AvgIpc) is 2.53. The van der Waals surface area contributed by atoms with Crippen LogP contribution < -0.4 is 15.2 Å². The Kier molecular flexibility index (Phi) is 4.29. The Bertz CT molecular complexity index is 672. The van der Waals surface area contributed by atoms with Gasteiger partial charge >= 0.3 is 0 Å². The number of ether oxygens (including phenoxy) is 2. The molecule has 0 bridgehead atoms. The first kappa shape index (κ1) is 14.9. The van der Waals surface area contributed by atoms with Gasteiger partial charge in [0.1, 0.15) is 30.5 Å². The lowest BCUT2D eigenvalue weighted by Crippen LogP contribution is -2.33. The Morgan fingerprint density at radius 1 is 1.32 bits per heavy atom. The molecule has 4 heteroatoms. The Morgan fingerprint density at radius 3 is 3.00 bits per heavy atom. The summed E-state index contributed by atoms with van der Waals surface area (Å²) in [5.74, 6) is 1.27. The second kappa shape index (κ2) is 6.36. The van der Waals surface area contributed by atoms with Crippen molar-refractivity contribution >= 4 is 0 Å². The Hall–Kier alpha value is -2.07. The van der Waals surface area contributed by atoms with Crippen LogP contribution in [0, 0.1) is 5.82 Å². The maximum atomic E-state index is 13.9. The number of hydrogen-bond donors (Lipinski definition) is 1. The van der Waals surface area contributed by atoms with Crippen LogP contribution in [-0.2, 0) is 19.4 Å². The highest BCUT2D eigenvalue weighted by Gasteiger charge is 2.17. The predicted molar refractivity (Wildman–Crippen MR) is 83.7 cm³/mol. The first-order valence-corrected chi connectivity index (χ1v) is 7.57. The molecule has 2 aromatic rings. The highest BCUT2D eigenvalue weighted by molar-refractivity contribution is 5.42. The van der Waals surface area contributed by atoms with Crippen molar-refractivity contribution in [1.82, 2.24) is 0 Å². The number of fused-ring (bicyclic) bond motifs is 1. The second-order valence-corrected chi connectivity index (χ2v) is 5.56. The van der Waals surface area contributed by atoms with Gasteiger partial charge in [-0.2, -0.15) is 0 Å². The second-order valence-electron chi connectivity index (χ2n) is 5.56. The third-order valence-electron chi connectivity index (χ3n) is 3.95. The smallest absolute Gasteiger partial charge is 0.130 e. The number of aryl methyl sites for hydroxylation is 1. The van der Waals surface area contributed by atoms with Gasteiger partial charge in [0.05, 0.1) is 0 Å². The molecule has 1 atom stereocenters. The third-order valence-corrected chi connectivity index (χ3v) is 3.95. The van der Waals surface area contributed by atoms with Gasteiger partial charge in [0.2, 0.25) is 0 Å². The minimum Gasteiger partial charge on any atom is -0.492 e. The van der Waals surface area contributed by atoms with Crippen molar-refractivity contribution in [1.29, 1.82) is 0 Å². The molecule has 1 aliphatic heterocycles. The van der Waals surface area contributed by atoms with Gasteiger partial charge in [-0.25, -0.2) is 4.39 Å². The molecule has 0 amide bonds. The largest absolute Gasteiger partial charge is 0.492 e. The molecule has 3 nitrogen and oxygen atoms in total. The number of nitrogens with two attached hydrogens (primary N) is 1. The van der Waals surface area contributed by atoms with Crippen LogP contribution in [0.4, 0.5) is 4.39 Å². The fraction of sp³-hybridized carbons (Fsp3) is 0.333. The van der Waals surface area contributed by atoms with Crippen molar-refractivity contribution in [3.63, 3.8) is 0 Å². The van der Waals surface area contributed by atoms with Crippen molar-refractivity contribution in [3.05, 3.63) is 58.9 Å². The van der Waals surface area contributed by atoms with Crippen LogP contribution in [0.3, 0.4) is 0 Å². The van der Waals surface area contributed by atoms with Crippen molar-refractivity contribution in [2.75, 3.05) is 6.61 Å². The SMILES string of the molecule is CCc1cccc(F)c1COc1ccc2c(c1)OC[C@@H](N)C2.